The first-order valence-corrected chi connectivity index (χ1v) is 9.87. The maximum absolute atomic E-state index is 6.07. The Bertz CT molecular complexity index is 850. The summed E-state index contributed by atoms with van der Waals surface area (Å²) in [7, 11) is 0. The summed E-state index contributed by atoms with van der Waals surface area (Å²) in [5.41, 5.74) is 1.09. The number of hydrogen-bond donors (Lipinski definition) is 0. The Morgan fingerprint density at radius 2 is 2.00 bits per heavy atom. The van der Waals surface area contributed by atoms with Crippen LogP contribution >= 0.6 is 50.9 Å². The summed E-state index contributed by atoms with van der Waals surface area (Å²) < 4.78 is 8.36. The molecule has 126 valence electrons. The largest absolute Gasteiger partial charge is 0.446 e. The molecule has 3 rings (SSSR count). The molecule has 0 N–H and O–H groups in total. The van der Waals surface area contributed by atoms with Crippen LogP contribution in [-0.2, 0) is 12.3 Å². The first-order chi connectivity index (χ1) is 11.6. The molecule has 0 bridgehead atoms. The zero-order valence-electron chi connectivity index (χ0n) is 12.8. The molecular formula is C16H14BrCl2N3OS. The van der Waals surface area contributed by atoms with Gasteiger partial charge in [0, 0.05) is 12.3 Å². The average Bonchev–Trinajstić information content (AvgIpc) is 3.15. The second kappa shape index (κ2) is 7.95. The third-order valence-electron chi connectivity index (χ3n) is 3.31. The van der Waals surface area contributed by atoms with E-state index in [-0.39, 0.29) is 0 Å². The van der Waals surface area contributed by atoms with Gasteiger partial charge in [0.2, 0.25) is 5.82 Å². The smallest absolute Gasteiger partial charge is 0.200 e. The minimum Gasteiger partial charge on any atom is -0.446 e. The predicted octanol–water partition coefficient (Wildman–Crippen LogP) is 6.31. The van der Waals surface area contributed by atoms with Crippen molar-refractivity contribution in [2.45, 2.75) is 30.8 Å². The van der Waals surface area contributed by atoms with Crippen LogP contribution in [0.1, 0.15) is 18.9 Å². The molecule has 0 saturated heterocycles. The lowest BCUT2D eigenvalue weighted by Gasteiger charge is -2.08. The van der Waals surface area contributed by atoms with Crippen molar-refractivity contribution < 1.29 is 4.42 Å². The van der Waals surface area contributed by atoms with E-state index >= 15 is 0 Å². The van der Waals surface area contributed by atoms with Gasteiger partial charge in [-0.15, -0.1) is 10.2 Å². The normalized spacial score (nSPS) is 11.2. The van der Waals surface area contributed by atoms with Crippen molar-refractivity contribution in [2.75, 3.05) is 0 Å². The van der Waals surface area contributed by atoms with E-state index in [1.54, 1.807) is 11.8 Å². The maximum Gasteiger partial charge on any atom is 0.200 e. The Labute approximate surface area is 162 Å². The molecule has 0 amide bonds. The van der Waals surface area contributed by atoms with Gasteiger partial charge in [-0.25, -0.2) is 0 Å². The summed E-state index contributed by atoms with van der Waals surface area (Å²) >= 11 is 17.0. The highest BCUT2D eigenvalue weighted by molar-refractivity contribution is 9.10. The molecule has 2 heterocycles. The summed E-state index contributed by atoms with van der Waals surface area (Å²) in [5, 5.41) is 10.6. The van der Waals surface area contributed by atoms with Crippen molar-refractivity contribution in [1.82, 2.24) is 14.8 Å². The summed E-state index contributed by atoms with van der Waals surface area (Å²) in [6, 6.07) is 9.38. The van der Waals surface area contributed by atoms with Crippen LogP contribution in [0.3, 0.4) is 0 Å². The molecule has 0 aliphatic carbocycles. The van der Waals surface area contributed by atoms with Crippen LogP contribution in [0.4, 0.5) is 0 Å². The van der Waals surface area contributed by atoms with E-state index in [0.29, 0.717) is 20.5 Å². The molecule has 0 saturated carbocycles. The Kier molecular flexibility index (Phi) is 5.92. The van der Waals surface area contributed by atoms with Crippen molar-refractivity contribution >= 4 is 50.9 Å². The van der Waals surface area contributed by atoms with Gasteiger partial charge in [-0.3, -0.25) is 4.57 Å². The molecule has 0 atom stereocenters. The van der Waals surface area contributed by atoms with Crippen LogP contribution in [0.15, 0.2) is 44.6 Å². The van der Waals surface area contributed by atoms with Gasteiger partial charge in [0.15, 0.2) is 15.6 Å². The number of benzene rings is 1. The number of halogens is 3. The van der Waals surface area contributed by atoms with Crippen molar-refractivity contribution in [3.05, 3.63) is 50.6 Å². The van der Waals surface area contributed by atoms with Crippen LogP contribution in [0.2, 0.25) is 10.0 Å². The molecule has 3 aromatic rings. The number of furan rings is 1. The van der Waals surface area contributed by atoms with Crippen molar-refractivity contribution in [3.63, 3.8) is 0 Å². The lowest BCUT2D eigenvalue weighted by atomic mass is 10.2. The molecule has 4 nitrogen and oxygen atoms in total. The molecule has 0 aliphatic heterocycles. The first kappa shape index (κ1) is 17.9. The molecule has 0 unspecified atom stereocenters. The summed E-state index contributed by atoms with van der Waals surface area (Å²) in [5.74, 6) is 2.17. The fraction of sp³-hybridized carbons (Fsp3) is 0.250. The standard InChI is InChI=1S/C16H14BrCl2N3OS/c1-2-7-22-15(13-5-6-14(17)23-13)20-21-16(22)24-9-10-3-4-11(18)12(19)8-10/h3-6,8H,2,7,9H2,1H3. The highest BCUT2D eigenvalue weighted by Gasteiger charge is 2.16. The Morgan fingerprint density at radius 1 is 1.17 bits per heavy atom. The van der Waals surface area contributed by atoms with E-state index in [2.05, 4.69) is 37.6 Å². The van der Waals surface area contributed by atoms with E-state index < -0.39 is 0 Å². The average molecular weight is 447 g/mol. The van der Waals surface area contributed by atoms with Gasteiger partial charge in [-0.05, 0) is 52.2 Å². The summed E-state index contributed by atoms with van der Waals surface area (Å²) in [4.78, 5) is 0. The predicted molar refractivity (Wildman–Crippen MR) is 102 cm³/mol. The zero-order chi connectivity index (χ0) is 17.1. The van der Waals surface area contributed by atoms with Crippen LogP contribution in [0.25, 0.3) is 11.6 Å². The van der Waals surface area contributed by atoms with E-state index in [9.17, 15) is 0 Å². The highest BCUT2D eigenvalue weighted by atomic mass is 79.9. The fourth-order valence-electron chi connectivity index (χ4n) is 2.21. The number of thioether (sulfide) groups is 1. The van der Waals surface area contributed by atoms with Gasteiger partial charge in [-0.2, -0.15) is 0 Å². The van der Waals surface area contributed by atoms with Gasteiger partial charge in [0.25, 0.3) is 0 Å². The molecule has 0 radical (unpaired) electrons. The lowest BCUT2D eigenvalue weighted by Crippen LogP contribution is -2.01. The third kappa shape index (κ3) is 3.99. The first-order valence-electron chi connectivity index (χ1n) is 7.34. The van der Waals surface area contributed by atoms with E-state index in [1.165, 1.54) is 0 Å². The molecule has 0 fully saturated rings. The molecule has 1 aromatic carbocycles. The molecule has 0 spiro atoms. The third-order valence-corrected chi connectivity index (χ3v) is 5.51. The van der Waals surface area contributed by atoms with Gasteiger partial charge >= 0.3 is 0 Å². The van der Waals surface area contributed by atoms with Crippen LogP contribution in [-0.4, -0.2) is 14.8 Å². The Balaban J connectivity index is 1.82. The molecule has 8 heteroatoms. The van der Waals surface area contributed by atoms with Gasteiger partial charge in [0.05, 0.1) is 10.0 Å². The number of hydrogen-bond acceptors (Lipinski definition) is 4. The van der Waals surface area contributed by atoms with Gasteiger partial charge < -0.3 is 4.42 Å². The topological polar surface area (TPSA) is 43.9 Å². The fourth-order valence-corrected chi connectivity index (χ4v) is 3.75. The SMILES string of the molecule is CCCn1c(SCc2ccc(Cl)c(Cl)c2)nnc1-c1ccc(Br)o1. The second-order valence-corrected chi connectivity index (χ2v) is 7.64. The van der Waals surface area contributed by atoms with Crippen LogP contribution in [0.5, 0.6) is 0 Å². The maximum atomic E-state index is 6.07. The summed E-state index contributed by atoms with van der Waals surface area (Å²) in [6.45, 7) is 2.94. The molecular weight excluding hydrogens is 433 g/mol. The van der Waals surface area contributed by atoms with Crippen molar-refractivity contribution in [2.24, 2.45) is 0 Å². The van der Waals surface area contributed by atoms with Crippen molar-refractivity contribution in [1.29, 1.82) is 0 Å². The van der Waals surface area contributed by atoms with Crippen LogP contribution in [0, 0.1) is 0 Å². The van der Waals surface area contributed by atoms with Gasteiger partial charge in [-0.1, -0.05) is 48.0 Å². The Hall–Kier alpha value is -0.950. The number of rotatable bonds is 6. The van der Waals surface area contributed by atoms with E-state index in [4.69, 9.17) is 27.6 Å². The zero-order valence-corrected chi connectivity index (χ0v) is 16.7. The molecule has 2 aromatic heterocycles. The quantitative estimate of drug-likeness (QED) is 0.416. The molecule has 24 heavy (non-hydrogen) atoms. The van der Waals surface area contributed by atoms with Crippen molar-refractivity contribution in [3.8, 4) is 11.6 Å². The Morgan fingerprint density at radius 3 is 2.67 bits per heavy atom. The highest BCUT2D eigenvalue weighted by Crippen LogP contribution is 2.30. The summed E-state index contributed by atoms with van der Waals surface area (Å²) in [6.07, 6.45) is 0.979. The lowest BCUT2D eigenvalue weighted by molar-refractivity contribution is 0.539. The second-order valence-electron chi connectivity index (χ2n) is 5.10. The van der Waals surface area contributed by atoms with Crippen LogP contribution < -0.4 is 0 Å². The number of nitrogens with zero attached hydrogens (tertiary/aromatic N) is 3. The molecule has 0 aliphatic rings. The monoisotopic (exact) mass is 445 g/mol. The minimum atomic E-state index is 0.560. The number of aromatic nitrogens is 3. The van der Waals surface area contributed by atoms with E-state index in [1.807, 2.05) is 30.3 Å². The van der Waals surface area contributed by atoms with Gasteiger partial charge in [0.1, 0.15) is 0 Å². The minimum absolute atomic E-state index is 0.560. The van der Waals surface area contributed by atoms with E-state index in [0.717, 1.165) is 35.3 Å².